The molecule has 1 rings (SSSR count). The first kappa shape index (κ1) is 14.7. The van der Waals surface area contributed by atoms with E-state index in [0.717, 1.165) is 12.8 Å². The van der Waals surface area contributed by atoms with Crippen LogP contribution in [-0.4, -0.2) is 32.9 Å². The molecule has 0 bridgehead atoms. The van der Waals surface area contributed by atoms with Crippen LogP contribution in [0.15, 0.2) is 5.10 Å². The number of hydrogen-bond acceptors (Lipinski definition) is 4. The van der Waals surface area contributed by atoms with E-state index in [4.69, 9.17) is 40.1 Å². The molecule has 17 heavy (non-hydrogen) atoms. The summed E-state index contributed by atoms with van der Waals surface area (Å²) in [7, 11) is 0. The lowest BCUT2D eigenvalue weighted by Crippen LogP contribution is -2.45. The van der Waals surface area contributed by atoms with Crippen molar-refractivity contribution >= 4 is 41.1 Å². The summed E-state index contributed by atoms with van der Waals surface area (Å²) in [5.41, 5.74) is 0. The van der Waals surface area contributed by atoms with E-state index in [-0.39, 0.29) is 0 Å². The fraction of sp³-hybridized carbons (Fsp3) is 0.800. The van der Waals surface area contributed by atoms with Gasteiger partial charge in [0.05, 0.1) is 0 Å². The van der Waals surface area contributed by atoms with Crippen LogP contribution >= 0.6 is 34.8 Å². The van der Waals surface area contributed by atoms with Crippen molar-refractivity contribution in [1.82, 2.24) is 9.91 Å². The van der Waals surface area contributed by atoms with Crippen molar-refractivity contribution in [2.45, 2.75) is 42.7 Å². The maximum absolute atomic E-state index is 9.08. The van der Waals surface area contributed by atoms with E-state index < -0.39 is 10.1 Å². The SMILES string of the molecule is CCCCCCN1N=CN(C(Cl)(Cl)Cl)C1C#N. The molecule has 1 heterocycles. The number of nitriles is 1. The van der Waals surface area contributed by atoms with Gasteiger partial charge in [0.2, 0.25) is 6.17 Å². The van der Waals surface area contributed by atoms with Gasteiger partial charge in [0.1, 0.15) is 12.4 Å². The lowest BCUT2D eigenvalue weighted by atomic mass is 10.2. The van der Waals surface area contributed by atoms with Crippen molar-refractivity contribution in [2.75, 3.05) is 6.54 Å². The highest BCUT2D eigenvalue weighted by Crippen LogP contribution is 2.34. The third kappa shape index (κ3) is 4.09. The van der Waals surface area contributed by atoms with E-state index in [2.05, 4.69) is 18.1 Å². The monoisotopic (exact) mass is 296 g/mol. The molecule has 1 aliphatic rings. The predicted molar refractivity (Wildman–Crippen MR) is 70.9 cm³/mol. The predicted octanol–water partition coefficient (Wildman–Crippen LogP) is 3.30. The first-order chi connectivity index (χ1) is 8.00. The molecule has 0 N–H and O–H groups in total. The van der Waals surface area contributed by atoms with Crippen molar-refractivity contribution < 1.29 is 0 Å². The second-order valence-corrected chi connectivity index (χ2v) is 6.05. The van der Waals surface area contributed by atoms with E-state index in [1.165, 1.54) is 24.1 Å². The molecule has 0 spiro atoms. The summed E-state index contributed by atoms with van der Waals surface area (Å²) in [5.74, 6) is 0. The topological polar surface area (TPSA) is 42.6 Å². The van der Waals surface area contributed by atoms with Crippen LogP contribution in [0.2, 0.25) is 0 Å². The Morgan fingerprint density at radius 1 is 1.35 bits per heavy atom. The Labute approximate surface area is 117 Å². The zero-order valence-electron chi connectivity index (χ0n) is 9.61. The number of rotatable bonds is 5. The highest BCUT2D eigenvalue weighted by molar-refractivity contribution is 6.67. The molecule has 0 saturated heterocycles. The minimum absolute atomic E-state index is 0.635. The maximum Gasteiger partial charge on any atom is 0.271 e. The Bertz CT molecular complexity index is 308. The first-order valence-corrected chi connectivity index (χ1v) is 6.69. The molecule has 96 valence electrons. The number of unbranched alkanes of at least 4 members (excludes halogenated alkanes) is 3. The first-order valence-electron chi connectivity index (χ1n) is 5.56. The van der Waals surface area contributed by atoms with E-state index in [9.17, 15) is 0 Å². The van der Waals surface area contributed by atoms with Crippen molar-refractivity contribution in [3.8, 4) is 6.07 Å². The van der Waals surface area contributed by atoms with E-state index in [1.54, 1.807) is 5.01 Å². The summed E-state index contributed by atoms with van der Waals surface area (Å²) in [6.07, 6.45) is 5.23. The van der Waals surface area contributed by atoms with Crippen molar-refractivity contribution in [2.24, 2.45) is 5.10 Å². The lowest BCUT2D eigenvalue weighted by Gasteiger charge is -2.29. The minimum atomic E-state index is -1.64. The zero-order chi connectivity index (χ0) is 12.9. The molecule has 1 unspecified atom stereocenters. The molecule has 0 amide bonds. The smallest absolute Gasteiger partial charge is 0.271 e. The summed E-state index contributed by atoms with van der Waals surface area (Å²) in [6.45, 7) is 2.85. The maximum atomic E-state index is 9.08. The Balaban J connectivity index is 2.49. The van der Waals surface area contributed by atoms with Gasteiger partial charge < -0.3 is 0 Å². The standard InChI is InChI=1S/C10H15Cl3N4/c1-2-3-4-5-6-17-9(7-14)16(8-15-17)10(11,12)13/h8-9H,2-6H2,1H3. The summed E-state index contributed by atoms with van der Waals surface area (Å²) in [6, 6.07) is 2.09. The molecule has 0 radical (unpaired) electrons. The van der Waals surface area contributed by atoms with Gasteiger partial charge in [-0.2, -0.15) is 10.4 Å². The molecule has 0 aromatic carbocycles. The van der Waals surface area contributed by atoms with Crippen molar-refractivity contribution in [3.05, 3.63) is 0 Å². The zero-order valence-corrected chi connectivity index (χ0v) is 11.9. The quantitative estimate of drug-likeness (QED) is 0.444. The fourth-order valence-electron chi connectivity index (χ4n) is 1.61. The van der Waals surface area contributed by atoms with Crippen LogP contribution in [-0.2, 0) is 0 Å². The van der Waals surface area contributed by atoms with Crippen molar-refractivity contribution in [1.29, 1.82) is 5.26 Å². The van der Waals surface area contributed by atoms with Crippen LogP contribution in [0.25, 0.3) is 0 Å². The molecule has 4 nitrogen and oxygen atoms in total. The van der Waals surface area contributed by atoms with Gasteiger partial charge in [-0.15, -0.1) is 0 Å². The fourth-order valence-corrected chi connectivity index (χ4v) is 2.01. The second-order valence-electron chi connectivity index (χ2n) is 3.83. The lowest BCUT2D eigenvalue weighted by molar-refractivity contribution is 0.173. The van der Waals surface area contributed by atoms with Gasteiger partial charge >= 0.3 is 0 Å². The Morgan fingerprint density at radius 3 is 2.59 bits per heavy atom. The number of hydrogen-bond donors (Lipinski definition) is 0. The highest BCUT2D eigenvalue weighted by Gasteiger charge is 2.39. The van der Waals surface area contributed by atoms with Gasteiger partial charge in [0.25, 0.3) is 3.92 Å². The molecule has 1 aliphatic heterocycles. The Hall–Kier alpha value is -0.370. The summed E-state index contributed by atoms with van der Waals surface area (Å²) in [5, 5.41) is 14.8. The minimum Gasteiger partial charge on any atom is -0.282 e. The van der Waals surface area contributed by atoms with Gasteiger partial charge in [-0.3, -0.25) is 9.91 Å². The molecule has 0 aliphatic carbocycles. The molecule has 0 aromatic rings. The third-order valence-corrected chi connectivity index (χ3v) is 3.10. The average Bonchev–Trinajstić information content (AvgIpc) is 2.67. The molecule has 0 saturated carbocycles. The number of alkyl halides is 3. The van der Waals surface area contributed by atoms with Crippen LogP contribution < -0.4 is 0 Å². The number of hydrazone groups is 1. The third-order valence-electron chi connectivity index (χ3n) is 2.52. The molecule has 1 atom stereocenters. The van der Waals surface area contributed by atoms with Gasteiger partial charge in [-0.1, -0.05) is 61.0 Å². The van der Waals surface area contributed by atoms with Crippen LogP contribution in [0.5, 0.6) is 0 Å². The van der Waals surface area contributed by atoms with Gasteiger partial charge in [0, 0.05) is 6.54 Å². The van der Waals surface area contributed by atoms with Crippen molar-refractivity contribution in [3.63, 3.8) is 0 Å². The summed E-state index contributed by atoms with van der Waals surface area (Å²) < 4.78 is -1.64. The largest absolute Gasteiger partial charge is 0.282 e. The second kappa shape index (κ2) is 6.53. The van der Waals surface area contributed by atoms with E-state index >= 15 is 0 Å². The molecule has 0 aromatic heterocycles. The van der Waals surface area contributed by atoms with Gasteiger partial charge in [0.15, 0.2) is 0 Å². The van der Waals surface area contributed by atoms with Gasteiger partial charge in [-0.05, 0) is 6.42 Å². The summed E-state index contributed by atoms with van der Waals surface area (Å²) >= 11 is 17.2. The Morgan fingerprint density at radius 2 is 2.06 bits per heavy atom. The highest BCUT2D eigenvalue weighted by atomic mass is 35.6. The molecular formula is C10H15Cl3N4. The van der Waals surface area contributed by atoms with Gasteiger partial charge in [-0.25, -0.2) is 0 Å². The van der Waals surface area contributed by atoms with E-state index in [0.29, 0.717) is 6.54 Å². The summed E-state index contributed by atoms with van der Waals surface area (Å²) in [4.78, 5) is 1.32. The van der Waals surface area contributed by atoms with Crippen LogP contribution in [0.3, 0.4) is 0 Å². The van der Waals surface area contributed by atoms with E-state index in [1.807, 2.05) is 0 Å². The van der Waals surface area contributed by atoms with Crippen LogP contribution in [0.1, 0.15) is 32.6 Å². The molecule has 7 heteroatoms. The van der Waals surface area contributed by atoms with Crippen LogP contribution in [0, 0.1) is 11.3 Å². The van der Waals surface area contributed by atoms with Crippen LogP contribution in [0.4, 0.5) is 0 Å². The normalized spacial score (nSPS) is 19.8. The Kier molecular flexibility index (Phi) is 5.64. The average molecular weight is 298 g/mol. The number of nitrogens with zero attached hydrogens (tertiary/aromatic N) is 4. The molecule has 0 fully saturated rings. The number of halogens is 3. The molecular weight excluding hydrogens is 282 g/mol.